The van der Waals surface area contributed by atoms with E-state index < -0.39 is 11.4 Å². The summed E-state index contributed by atoms with van der Waals surface area (Å²) in [5.74, 6) is -0.640. The van der Waals surface area contributed by atoms with Crippen molar-refractivity contribution in [1.29, 1.82) is 0 Å². The van der Waals surface area contributed by atoms with Gasteiger partial charge in [0, 0.05) is 5.54 Å². The first-order valence-corrected chi connectivity index (χ1v) is 4.09. The number of rotatable bonds is 1. The molecular formula is C8H13NO2. The minimum Gasteiger partial charge on any atom is -0.481 e. The Morgan fingerprint density at radius 1 is 1.36 bits per heavy atom. The zero-order valence-corrected chi connectivity index (χ0v) is 6.47. The fourth-order valence-corrected chi connectivity index (χ4v) is 2.69. The number of carbonyl (C=O) groups is 1. The number of hydrogen-bond acceptors (Lipinski definition) is 2. The molecule has 3 aliphatic rings. The van der Waals surface area contributed by atoms with E-state index in [9.17, 15) is 4.79 Å². The molecule has 3 N–H and O–H groups in total. The molecule has 3 heteroatoms. The molecule has 3 rings (SSSR count). The molecule has 0 heterocycles. The van der Waals surface area contributed by atoms with E-state index in [-0.39, 0.29) is 5.54 Å². The van der Waals surface area contributed by atoms with E-state index in [1.54, 1.807) is 0 Å². The number of fused-ring (bicyclic) bond motifs is 2. The number of carboxylic acid groups (broad SMARTS) is 1. The average Bonchev–Trinajstić information content (AvgIpc) is 1.85. The van der Waals surface area contributed by atoms with Crippen molar-refractivity contribution in [3.05, 3.63) is 0 Å². The maximum atomic E-state index is 10.8. The molecule has 0 saturated heterocycles. The van der Waals surface area contributed by atoms with E-state index in [0.29, 0.717) is 12.8 Å². The van der Waals surface area contributed by atoms with Crippen molar-refractivity contribution in [2.24, 2.45) is 11.1 Å². The van der Waals surface area contributed by atoms with Gasteiger partial charge in [0.2, 0.25) is 0 Å². The van der Waals surface area contributed by atoms with Crippen LogP contribution in [0.25, 0.3) is 0 Å². The maximum Gasteiger partial charge on any atom is 0.309 e. The van der Waals surface area contributed by atoms with E-state index >= 15 is 0 Å². The van der Waals surface area contributed by atoms with Crippen LogP contribution < -0.4 is 5.73 Å². The SMILES string of the molecule is NC12CCCC(C(=O)O)(C1)C2. The van der Waals surface area contributed by atoms with Crippen LogP contribution in [0.3, 0.4) is 0 Å². The van der Waals surface area contributed by atoms with E-state index in [2.05, 4.69) is 0 Å². The summed E-state index contributed by atoms with van der Waals surface area (Å²) in [7, 11) is 0. The maximum absolute atomic E-state index is 10.8. The number of hydrogen-bond donors (Lipinski definition) is 2. The van der Waals surface area contributed by atoms with Crippen molar-refractivity contribution in [3.63, 3.8) is 0 Å². The molecular weight excluding hydrogens is 142 g/mol. The topological polar surface area (TPSA) is 63.3 Å². The van der Waals surface area contributed by atoms with Gasteiger partial charge in [0.25, 0.3) is 0 Å². The Kier molecular flexibility index (Phi) is 1.15. The van der Waals surface area contributed by atoms with Crippen molar-refractivity contribution in [2.45, 2.75) is 37.6 Å². The zero-order valence-electron chi connectivity index (χ0n) is 6.47. The smallest absolute Gasteiger partial charge is 0.309 e. The second-order valence-corrected chi connectivity index (χ2v) is 4.15. The van der Waals surface area contributed by atoms with Gasteiger partial charge in [0.1, 0.15) is 0 Å². The van der Waals surface area contributed by atoms with Crippen LogP contribution in [0.1, 0.15) is 32.1 Å². The van der Waals surface area contributed by atoms with Crippen molar-refractivity contribution >= 4 is 5.97 Å². The largest absolute Gasteiger partial charge is 0.481 e. The average molecular weight is 155 g/mol. The van der Waals surface area contributed by atoms with Gasteiger partial charge in [-0.2, -0.15) is 0 Å². The highest BCUT2D eigenvalue weighted by atomic mass is 16.4. The van der Waals surface area contributed by atoms with E-state index in [0.717, 1.165) is 19.3 Å². The van der Waals surface area contributed by atoms with Gasteiger partial charge in [-0.25, -0.2) is 0 Å². The molecule has 11 heavy (non-hydrogen) atoms. The molecule has 0 aromatic rings. The fourth-order valence-electron chi connectivity index (χ4n) is 2.69. The lowest BCUT2D eigenvalue weighted by molar-refractivity contribution is -0.165. The van der Waals surface area contributed by atoms with Crippen LogP contribution in [0.2, 0.25) is 0 Å². The first-order valence-electron chi connectivity index (χ1n) is 4.09. The summed E-state index contributed by atoms with van der Waals surface area (Å²) in [4.78, 5) is 10.8. The van der Waals surface area contributed by atoms with E-state index in [4.69, 9.17) is 10.8 Å². The Labute approximate surface area is 65.6 Å². The van der Waals surface area contributed by atoms with Gasteiger partial charge in [0.05, 0.1) is 5.41 Å². The van der Waals surface area contributed by atoms with Gasteiger partial charge in [-0.1, -0.05) is 6.42 Å². The molecule has 3 saturated carbocycles. The molecule has 0 spiro atoms. The molecule has 0 unspecified atom stereocenters. The summed E-state index contributed by atoms with van der Waals surface area (Å²) < 4.78 is 0. The van der Waals surface area contributed by atoms with Gasteiger partial charge in [0.15, 0.2) is 0 Å². The van der Waals surface area contributed by atoms with Gasteiger partial charge < -0.3 is 10.8 Å². The highest BCUT2D eigenvalue weighted by molar-refractivity contribution is 5.77. The number of nitrogens with two attached hydrogens (primary N) is 1. The van der Waals surface area contributed by atoms with Crippen LogP contribution in [0.5, 0.6) is 0 Å². The fraction of sp³-hybridized carbons (Fsp3) is 0.875. The Bertz CT molecular complexity index is 206. The summed E-state index contributed by atoms with van der Waals surface area (Å²) >= 11 is 0. The van der Waals surface area contributed by atoms with Crippen LogP contribution in [-0.4, -0.2) is 16.6 Å². The Balaban J connectivity index is 2.16. The first-order chi connectivity index (χ1) is 5.06. The molecule has 3 nitrogen and oxygen atoms in total. The third-order valence-corrected chi connectivity index (χ3v) is 3.16. The standard InChI is InChI=1S/C8H13NO2/c9-8-3-1-2-7(4-8,5-8)6(10)11/h1-5,9H2,(H,10,11). The van der Waals surface area contributed by atoms with Gasteiger partial charge in [-0.15, -0.1) is 0 Å². The second kappa shape index (κ2) is 1.78. The van der Waals surface area contributed by atoms with Crippen LogP contribution in [-0.2, 0) is 4.79 Å². The van der Waals surface area contributed by atoms with Crippen LogP contribution in [0, 0.1) is 5.41 Å². The van der Waals surface area contributed by atoms with Crippen molar-refractivity contribution in [1.82, 2.24) is 0 Å². The summed E-state index contributed by atoms with van der Waals surface area (Å²) in [6.07, 6.45) is 4.25. The van der Waals surface area contributed by atoms with Gasteiger partial charge in [-0.05, 0) is 25.7 Å². The normalized spacial score (nSPS) is 48.1. The van der Waals surface area contributed by atoms with E-state index in [1.165, 1.54) is 0 Å². The zero-order chi connectivity index (χ0) is 8.11. The Hall–Kier alpha value is -0.570. The Morgan fingerprint density at radius 3 is 2.36 bits per heavy atom. The predicted molar refractivity (Wildman–Crippen MR) is 40.1 cm³/mol. The summed E-state index contributed by atoms with van der Waals surface area (Å²) in [5.41, 5.74) is 5.37. The molecule has 0 aliphatic heterocycles. The third-order valence-electron chi connectivity index (χ3n) is 3.16. The van der Waals surface area contributed by atoms with Crippen LogP contribution in [0.15, 0.2) is 0 Å². The quantitative estimate of drug-likeness (QED) is 0.586. The lowest BCUT2D eigenvalue weighted by atomic mass is 9.50. The monoisotopic (exact) mass is 155 g/mol. The molecule has 3 fully saturated rings. The highest BCUT2D eigenvalue weighted by Crippen LogP contribution is 2.56. The minimum atomic E-state index is -0.640. The lowest BCUT2D eigenvalue weighted by Gasteiger charge is -2.56. The molecule has 0 amide bonds. The molecule has 62 valence electrons. The number of carboxylic acids is 1. The van der Waals surface area contributed by atoms with Crippen LogP contribution >= 0.6 is 0 Å². The van der Waals surface area contributed by atoms with Crippen molar-refractivity contribution in [3.8, 4) is 0 Å². The van der Waals surface area contributed by atoms with Crippen molar-refractivity contribution < 1.29 is 9.90 Å². The minimum absolute atomic E-state index is 0.114. The molecule has 0 atom stereocenters. The van der Waals surface area contributed by atoms with Gasteiger partial charge in [-0.3, -0.25) is 4.79 Å². The van der Waals surface area contributed by atoms with Crippen molar-refractivity contribution in [2.75, 3.05) is 0 Å². The molecule has 2 bridgehead atoms. The van der Waals surface area contributed by atoms with Gasteiger partial charge >= 0.3 is 5.97 Å². The second-order valence-electron chi connectivity index (χ2n) is 4.15. The molecule has 0 radical (unpaired) electrons. The Morgan fingerprint density at radius 2 is 2.00 bits per heavy atom. The lowest BCUT2D eigenvalue weighted by Crippen LogP contribution is -2.63. The summed E-state index contributed by atoms with van der Waals surface area (Å²) in [6.45, 7) is 0. The molecule has 0 aromatic heterocycles. The third kappa shape index (κ3) is 0.805. The number of aliphatic carboxylic acids is 1. The highest BCUT2D eigenvalue weighted by Gasteiger charge is 2.59. The van der Waals surface area contributed by atoms with Crippen LogP contribution in [0.4, 0.5) is 0 Å². The molecule has 3 aliphatic carbocycles. The first kappa shape index (κ1) is 7.10. The summed E-state index contributed by atoms with van der Waals surface area (Å²) in [6, 6.07) is 0. The van der Waals surface area contributed by atoms with E-state index in [1.807, 2.05) is 0 Å². The molecule has 0 aromatic carbocycles. The predicted octanol–water partition coefficient (Wildman–Crippen LogP) is 0.733. The summed E-state index contributed by atoms with van der Waals surface area (Å²) in [5, 5.41) is 8.89.